The average Bonchev–Trinajstić information content (AvgIpc) is 2.34. The van der Waals surface area contributed by atoms with Gasteiger partial charge in [0.1, 0.15) is 6.20 Å². The Bertz CT molecular complexity index is 148. The Balaban J connectivity index is 2.30. The Labute approximate surface area is 53.9 Å². The maximum atomic E-state index is 8.41. The lowest BCUT2D eigenvalue weighted by atomic mass is 10.5. The molecule has 0 amide bonds. The molecule has 0 bridgehead atoms. The molecule has 3 heteroatoms. The molecule has 0 aliphatic carbocycles. The van der Waals surface area contributed by atoms with Crippen LogP contribution in [0.4, 0.5) is 0 Å². The van der Waals surface area contributed by atoms with E-state index < -0.39 is 0 Å². The molecule has 1 aromatic rings. The summed E-state index contributed by atoms with van der Waals surface area (Å²) in [6.07, 6.45) is 5.26. The summed E-state index contributed by atoms with van der Waals surface area (Å²) in [5.41, 5.74) is 0. The minimum absolute atomic E-state index is 0.222. The molecule has 3 nitrogen and oxygen atoms in total. The Hall–Kier alpha value is -0.830. The van der Waals surface area contributed by atoms with Crippen LogP contribution in [0.3, 0.4) is 0 Å². The summed E-state index contributed by atoms with van der Waals surface area (Å²) in [5.74, 6) is 0. The third-order valence-corrected chi connectivity index (χ3v) is 1.05. The summed E-state index contributed by atoms with van der Waals surface area (Å²) in [6.45, 7) is 1.000. The number of nitrogens with zero attached hydrogens (tertiary/aromatic N) is 2. The van der Waals surface area contributed by atoms with Crippen molar-refractivity contribution in [2.45, 2.75) is 13.0 Å². The Morgan fingerprint density at radius 1 is 1.67 bits per heavy atom. The zero-order valence-electron chi connectivity index (χ0n) is 5.12. The van der Waals surface area contributed by atoms with E-state index in [-0.39, 0.29) is 6.61 Å². The third kappa shape index (κ3) is 1.85. The molecule has 1 rings (SSSR count). The molecule has 0 fully saturated rings. The molecule has 0 aliphatic heterocycles. The number of aryl methyl sites for hydroxylation is 1. The third-order valence-electron chi connectivity index (χ3n) is 1.05. The fourth-order valence-electron chi connectivity index (χ4n) is 0.617. The molecule has 1 heterocycles. The Kier molecular flexibility index (Phi) is 2.27. The van der Waals surface area contributed by atoms with Gasteiger partial charge in [0.25, 0.3) is 0 Å². The summed E-state index contributed by atoms with van der Waals surface area (Å²) in [6, 6.07) is 1.75. The predicted molar refractivity (Wildman–Crippen MR) is 32.8 cm³/mol. The van der Waals surface area contributed by atoms with Crippen molar-refractivity contribution in [2.75, 3.05) is 6.61 Å². The minimum Gasteiger partial charge on any atom is -0.396 e. The van der Waals surface area contributed by atoms with Crippen LogP contribution in [0, 0.1) is 6.20 Å². The van der Waals surface area contributed by atoms with Gasteiger partial charge in [-0.1, -0.05) is 0 Å². The first-order valence-electron chi connectivity index (χ1n) is 2.94. The maximum absolute atomic E-state index is 8.41. The molecule has 0 aromatic carbocycles. The van der Waals surface area contributed by atoms with Crippen LogP contribution in [-0.2, 0) is 6.54 Å². The first-order chi connectivity index (χ1) is 4.43. The van der Waals surface area contributed by atoms with E-state index >= 15 is 0 Å². The van der Waals surface area contributed by atoms with Crippen LogP contribution >= 0.6 is 0 Å². The molecule has 1 aromatic heterocycles. The summed E-state index contributed by atoms with van der Waals surface area (Å²) in [4.78, 5) is 0. The summed E-state index contributed by atoms with van der Waals surface area (Å²) < 4.78 is 1.75. The molecule has 49 valence electrons. The van der Waals surface area contributed by atoms with E-state index in [4.69, 9.17) is 5.11 Å². The second-order valence-corrected chi connectivity index (χ2v) is 1.79. The second-order valence-electron chi connectivity index (χ2n) is 1.79. The lowest BCUT2D eigenvalue weighted by molar-refractivity contribution is 0.277. The predicted octanol–water partition coefficient (Wildman–Crippen LogP) is 0.0657. The van der Waals surface area contributed by atoms with Gasteiger partial charge in [0.05, 0.1) is 0 Å². The highest BCUT2D eigenvalue weighted by molar-refractivity contribution is 4.75. The quantitative estimate of drug-likeness (QED) is 0.620. The molecule has 1 radical (unpaired) electrons. The van der Waals surface area contributed by atoms with E-state index in [1.807, 2.05) is 6.20 Å². The van der Waals surface area contributed by atoms with Crippen molar-refractivity contribution in [3.63, 3.8) is 0 Å². The lowest BCUT2D eigenvalue weighted by Gasteiger charge is -1.95. The van der Waals surface area contributed by atoms with Gasteiger partial charge >= 0.3 is 0 Å². The molecule has 0 spiro atoms. The normalized spacial score (nSPS) is 9.89. The summed E-state index contributed by atoms with van der Waals surface area (Å²) in [5, 5.41) is 12.2. The van der Waals surface area contributed by atoms with Crippen molar-refractivity contribution in [1.29, 1.82) is 0 Å². The van der Waals surface area contributed by atoms with Crippen molar-refractivity contribution in [2.24, 2.45) is 0 Å². The van der Waals surface area contributed by atoms with Crippen LogP contribution in [0.25, 0.3) is 0 Å². The molecular formula is C6H9N2O. The van der Waals surface area contributed by atoms with Crippen LogP contribution in [0.1, 0.15) is 6.42 Å². The first-order valence-corrected chi connectivity index (χ1v) is 2.94. The molecule has 0 unspecified atom stereocenters. The highest BCUT2D eigenvalue weighted by atomic mass is 16.3. The number of aromatic nitrogens is 2. The Morgan fingerprint density at radius 2 is 2.56 bits per heavy atom. The van der Waals surface area contributed by atoms with Crippen LogP contribution in [0.15, 0.2) is 12.3 Å². The van der Waals surface area contributed by atoms with Crippen molar-refractivity contribution in [3.8, 4) is 0 Å². The molecule has 0 atom stereocenters. The van der Waals surface area contributed by atoms with Gasteiger partial charge in [-0.15, -0.1) is 0 Å². The maximum Gasteiger partial charge on any atom is 0.113 e. The van der Waals surface area contributed by atoms with Crippen LogP contribution in [0.2, 0.25) is 0 Å². The minimum atomic E-state index is 0.222. The zero-order chi connectivity index (χ0) is 6.53. The number of hydrogen-bond acceptors (Lipinski definition) is 2. The van der Waals surface area contributed by atoms with E-state index in [2.05, 4.69) is 11.3 Å². The van der Waals surface area contributed by atoms with Gasteiger partial charge in [0.2, 0.25) is 0 Å². The fourth-order valence-corrected chi connectivity index (χ4v) is 0.617. The first kappa shape index (κ1) is 6.29. The van der Waals surface area contributed by atoms with E-state index in [1.165, 1.54) is 0 Å². The molecular weight excluding hydrogens is 116 g/mol. The number of rotatable bonds is 3. The standard InChI is InChI=1S/C6H9N2O/c9-6-2-5-8-4-1-3-7-8/h1,4,9H,2,5-6H2. The SMILES string of the molecule is OCCCn1cc[c]n1. The smallest absolute Gasteiger partial charge is 0.113 e. The highest BCUT2D eigenvalue weighted by Crippen LogP contribution is 1.86. The Morgan fingerprint density at radius 3 is 3.11 bits per heavy atom. The molecule has 0 saturated heterocycles. The van der Waals surface area contributed by atoms with Crippen LogP contribution < -0.4 is 0 Å². The van der Waals surface area contributed by atoms with E-state index in [0.29, 0.717) is 0 Å². The van der Waals surface area contributed by atoms with Crippen LogP contribution in [0.5, 0.6) is 0 Å². The van der Waals surface area contributed by atoms with Gasteiger partial charge in [0, 0.05) is 19.3 Å². The van der Waals surface area contributed by atoms with Crippen LogP contribution in [-0.4, -0.2) is 21.5 Å². The highest BCUT2D eigenvalue weighted by Gasteiger charge is 1.86. The van der Waals surface area contributed by atoms with E-state index in [0.717, 1.165) is 13.0 Å². The molecule has 9 heavy (non-hydrogen) atoms. The summed E-state index contributed by atoms with van der Waals surface area (Å²) >= 11 is 0. The van der Waals surface area contributed by atoms with Gasteiger partial charge in [-0.25, -0.2) is 0 Å². The molecule has 1 N–H and O–H groups in total. The van der Waals surface area contributed by atoms with Crippen molar-refractivity contribution in [3.05, 3.63) is 18.5 Å². The zero-order valence-corrected chi connectivity index (χ0v) is 5.12. The largest absolute Gasteiger partial charge is 0.396 e. The van der Waals surface area contributed by atoms with Gasteiger partial charge in [0.15, 0.2) is 0 Å². The van der Waals surface area contributed by atoms with Crippen molar-refractivity contribution >= 4 is 0 Å². The van der Waals surface area contributed by atoms with Gasteiger partial charge in [-0.3, -0.25) is 4.68 Å². The fraction of sp³-hybridized carbons (Fsp3) is 0.500. The van der Waals surface area contributed by atoms with Crippen molar-refractivity contribution in [1.82, 2.24) is 9.78 Å². The monoisotopic (exact) mass is 125 g/mol. The summed E-state index contributed by atoms with van der Waals surface area (Å²) in [7, 11) is 0. The van der Waals surface area contributed by atoms with Crippen molar-refractivity contribution < 1.29 is 5.11 Å². The van der Waals surface area contributed by atoms with E-state index in [9.17, 15) is 0 Å². The number of hydrogen-bond donors (Lipinski definition) is 1. The number of aliphatic hydroxyl groups is 1. The van der Waals surface area contributed by atoms with E-state index in [1.54, 1.807) is 10.7 Å². The number of aliphatic hydroxyl groups excluding tert-OH is 1. The molecule has 0 aliphatic rings. The topological polar surface area (TPSA) is 38.0 Å². The molecule has 0 saturated carbocycles. The lowest BCUT2D eigenvalue weighted by Crippen LogP contribution is -1.99. The second kappa shape index (κ2) is 3.25. The average molecular weight is 125 g/mol. The van der Waals surface area contributed by atoms with Gasteiger partial charge in [-0.2, -0.15) is 5.10 Å². The van der Waals surface area contributed by atoms with Gasteiger partial charge in [-0.05, 0) is 12.5 Å². The van der Waals surface area contributed by atoms with Gasteiger partial charge < -0.3 is 5.11 Å².